The predicted molar refractivity (Wildman–Crippen MR) is 102 cm³/mol. The van der Waals surface area contributed by atoms with Crippen LogP contribution in [-0.2, 0) is 0 Å². The van der Waals surface area contributed by atoms with Crippen LogP contribution in [0.5, 0.6) is 0 Å². The van der Waals surface area contributed by atoms with Gasteiger partial charge in [0.15, 0.2) is 0 Å². The van der Waals surface area contributed by atoms with Crippen molar-refractivity contribution in [3.8, 4) is 0 Å². The molecule has 2 heteroatoms. The van der Waals surface area contributed by atoms with Crippen LogP contribution in [0.3, 0.4) is 0 Å². The minimum Gasteiger partial charge on any atom is -0.393 e. The molecule has 4 fully saturated rings. The van der Waals surface area contributed by atoms with Crippen LogP contribution in [0.2, 0.25) is 0 Å². The first-order chi connectivity index (χ1) is 11.7. The van der Waals surface area contributed by atoms with Crippen LogP contribution in [0.1, 0.15) is 85.5 Å². The quantitative estimate of drug-likeness (QED) is 0.748. The lowest BCUT2D eigenvalue weighted by molar-refractivity contribution is -0.0726. The lowest BCUT2D eigenvalue weighted by Crippen LogP contribution is -2.45. The Hall–Kier alpha value is -0.0800. The molecule has 4 aliphatic rings. The molecule has 0 aliphatic heterocycles. The van der Waals surface area contributed by atoms with Crippen molar-refractivity contribution in [1.82, 2.24) is 0 Å². The summed E-state index contributed by atoms with van der Waals surface area (Å²) < 4.78 is 0. The third-order valence-electron chi connectivity index (χ3n) is 8.99. The summed E-state index contributed by atoms with van der Waals surface area (Å²) in [6.07, 6.45) is 10.7. The minimum atomic E-state index is -0.136. The molecule has 8 atom stereocenters. The second kappa shape index (κ2) is 6.23. The molecule has 4 aliphatic carbocycles. The van der Waals surface area contributed by atoms with Gasteiger partial charge in [-0.3, -0.25) is 0 Å². The summed E-state index contributed by atoms with van der Waals surface area (Å²) in [6.45, 7) is 9.53. The third kappa shape index (κ3) is 3.43. The van der Waals surface area contributed by atoms with Crippen LogP contribution in [0, 0.1) is 46.3 Å². The molecule has 4 saturated carbocycles. The SMILES string of the molecule is CC1CC(CC2CC(C)CC(C3(C)CC3)C2O)C(O)C(C2(C)CC2)C1. The van der Waals surface area contributed by atoms with E-state index in [-0.39, 0.29) is 12.2 Å². The largest absolute Gasteiger partial charge is 0.393 e. The van der Waals surface area contributed by atoms with Crippen LogP contribution >= 0.6 is 0 Å². The molecule has 144 valence electrons. The third-order valence-corrected chi connectivity index (χ3v) is 8.99. The lowest BCUT2D eigenvalue weighted by Gasteiger charge is -2.46. The molecule has 25 heavy (non-hydrogen) atoms. The lowest BCUT2D eigenvalue weighted by atomic mass is 9.62. The van der Waals surface area contributed by atoms with Gasteiger partial charge in [-0.15, -0.1) is 0 Å². The maximum atomic E-state index is 11.2. The molecule has 0 saturated heterocycles. The molecular weight excluding hydrogens is 308 g/mol. The van der Waals surface area contributed by atoms with Crippen molar-refractivity contribution in [2.24, 2.45) is 46.3 Å². The Bertz CT molecular complexity index is 448. The fourth-order valence-corrected chi connectivity index (χ4v) is 6.70. The molecule has 0 heterocycles. The van der Waals surface area contributed by atoms with Gasteiger partial charge in [0.25, 0.3) is 0 Å². The molecule has 8 unspecified atom stereocenters. The van der Waals surface area contributed by atoms with Gasteiger partial charge in [0.1, 0.15) is 0 Å². The van der Waals surface area contributed by atoms with Gasteiger partial charge in [-0.1, -0.05) is 27.7 Å². The number of aliphatic hydroxyl groups excluding tert-OH is 2. The molecule has 0 aromatic heterocycles. The Morgan fingerprint density at radius 1 is 0.680 bits per heavy atom. The zero-order valence-electron chi connectivity index (χ0n) is 16.9. The smallest absolute Gasteiger partial charge is 0.0602 e. The second-order valence-corrected chi connectivity index (χ2v) is 11.4. The van der Waals surface area contributed by atoms with Crippen molar-refractivity contribution in [2.45, 2.75) is 97.7 Å². The van der Waals surface area contributed by atoms with Gasteiger partial charge in [0.05, 0.1) is 12.2 Å². The van der Waals surface area contributed by atoms with E-state index in [2.05, 4.69) is 27.7 Å². The van der Waals surface area contributed by atoms with Crippen LogP contribution < -0.4 is 0 Å². The summed E-state index contributed by atoms with van der Waals surface area (Å²) in [5.74, 6) is 3.26. The Kier molecular flexibility index (Phi) is 4.56. The Morgan fingerprint density at radius 3 is 1.36 bits per heavy atom. The summed E-state index contributed by atoms with van der Waals surface area (Å²) in [5, 5.41) is 22.3. The molecule has 0 aromatic rings. The van der Waals surface area contributed by atoms with Gasteiger partial charge >= 0.3 is 0 Å². The van der Waals surface area contributed by atoms with Crippen LogP contribution in [-0.4, -0.2) is 22.4 Å². The fraction of sp³-hybridized carbons (Fsp3) is 1.00. The maximum Gasteiger partial charge on any atom is 0.0602 e. The standard InChI is InChI=1S/C23H40O2/c1-14-9-16(20(24)18(11-14)22(3)5-6-22)13-17-10-15(2)12-19(21(17)25)23(4)7-8-23/h14-21,24-25H,5-13H2,1-4H3. The zero-order chi connectivity index (χ0) is 18.0. The van der Waals surface area contributed by atoms with Crippen molar-refractivity contribution in [1.29, 1.82) is 0 Å². The van der Waals surface area contributed by atoms with Crippen LogP contribution in [0.15, 0.2) is 0 Å². The number of hydrogen-bond acceptors (Lipinski definition) is 2. The van der Waals surface area contributed by atoms with Crippen LogP contribution in [0.4, 0.5) is 0 Å². The van der Waals surface area contributed by atoms with Crippen molar-refractivity contribution in [3.05, 3.63) is 0 Å². The van der Waals surface area contributed by atoms with Crippen molar-refractivity contribution < 1.29 is 10.2 Å². The molecule has 2 N–H and O–H groups in total. The summed E-state index contributed by atoms with van der Waals surface area (Å²) >= 11 is 0. The summed E-state index contributed by atoms with van der Waals surface area (Å²) in [7, 11) is 0. The van der Waals surface area contributed by atoms with E-state index >= 15 is 0 Å². The normalized spacial score (nSPS) is 51.1. The maximum absolute atomic E-state index is 11.2. The molecular formula is C23H40O2. The van der Waals surface area contributed by atoms with Gasteiger partial charge in [-0.05, 0) is 104 Å². The molecule has 0 aromatic carbocycles. The average Bonchev–Trinajstić information content (AvgIpc) is 3.46. The molecule has 0 amide bonds. The Labute approximate surface area is 154 Å². The van der Waals surface area contributed by atoms with E-state index in [1.54, 1.807) is 0 Å². The highest BCUT2D eigenvalue weighted by atomic mass is 16.3. The van der Waals surface area contributed by atoms with Gasteiger partial charge in [-0.25, -0.2) is 0 Å². The van der Waals surface area contributed by atoms with E-state index in [9.17, 15) is 10.2 Å². The van der Waals surface area contributed by atoms with E-state index in [1.807, 2.05) is 0 Å². The topological polar surface area (TPSA) is 40.5 Å². The van der Waals surface area contributed by atoms with Gasteiger partial charge in [0, 0.05) is 0 Å². The van der Waals surface area contributed by atoms with Crippen molar-refractivity contribution >= 4 is 0 Å². The summed E-state index contributed by atoms with van der Waals surface area (Å²) in [5.41, 5.74) is 0.823. The highest BCUT2D eigenvalue weighted by molar-refractivity contribution is 5.04. The van der Waals surface area contributed by atoms with E-state index in [0.717, 1.165) is 31.1 Å². The fourth-order valence-electron chi connectivity index (χ4n) is 6.70. The van der Waals surface area contributed by atoms with E-state index in [4.69, 9.17) is 0 Å². The number of hydrogen-bond donors (Lipinski definition) is 2. The molecule has 0 spiro atoms. The molecule has 4 rings (SSSR count). The first-order valence-electron chi connectivity index (χ1n) is 11.1. The molecule has 0 bridgehead atoms. The van der Waals surface area contributed by atoms with E-state index < -0.39 is 0 Å². The first-order valence-corrected chi connectivity index (χ1v) is 11.1. The van der Waals surface area contributed by atoms with Crippen molar-refractivity contribution in [2.75, 3.05) is 0 Å². The Morgan fingerprint density at radius 2 is 1.04 bits per heavy atom. The molecule has 0 radical (unpaired) electrons. The predicted octanol–water partition coefficient (Wildman–Crippen LogP) is 5.02. The van der Waals surface area contributed by atoms with E-state index in [1.165, 1.54) is 38.5 Å². The summed E-state index contributed by atoms with van der Waals surface area (Å²) in [4.78, 5) is 0. The highest BCUT2D eigenvalue weighted by Gasteiger charge is 2.54. The zero-order valence-corrected chi connectivity index (χ0v) is 16.9. The second-order valence-electron chi connectivity index (χ2n) is 11.4. The number of aliphatic hydroxyl groups is 2. The summed E-state index contributed by atoms with van der Waals surface area (Å²) in [6, 6.07) is 0. The number of rotatable bonds is 4. The Balaban J connectivity index is 1.46. The molecule has 2 nitrogen and oxygen atoms in total. The van der Waals surface area contributed by atoms with Gasteiger partial charge in [-0.2, -0.15) is 0 Å². The minimum absolute atomic E-state index is 0.136. The van der Waals surface area contributed by atoms with Crippen molar-refractivity contribution in [3.63, 3.8) is 0 Å². The van der Waals surface area contributed by atoms with E-state index in [0.29, 0.717) is 34.5 Å². The van der Waals surface area contributed by atoms with Gasteiger partial charge < -0.3 is 10.2 Å². The average molecular weight is 349 g/mol. The highest BCUT2D eigenvalue weighted by Crippen LogP contribution is 2.60. The van der Waals surface area contributed by atoms with Gasteiger partial charge in [0.2, 0.25) is 0 Å². The monoisotopic (exact) mass is 348 g/mol. The first kappa shape index (κ1) is 18.3. The van der Waals surface area contributed by atoms with Crippen LogP contribution in [0.25, 0.3) is 0 Å².